The molecule has 3 nitrogen and oxygen atoms in total. The predicted octanol–water partition coefficient (Wildman–Crippen LogP) is 2.78. The standard InChI is InChI=1S/C15H21NO2/c1-13-5-7-14(8-6-13)18-12-9-15(17)16-10-3-2-4-11-16/h5-8H,2-4,9-12H2,1H3. The van der Waals surface area contributed by atoms with Crippen LogP contribution < -0.4 is 4.74 Å². The number of hydrogen-bond donors (Lipinski definition) is 0. The van der Waals surface area contributed by atoms with E-state index in [-0.39, 0.29) is 5.91 Å². The highest BCUT2D eigenvalue weighted by atomic mass is 16.5. The molecule has 1 heterocycles. The number of carbonyl (C=O) groups is 1. The number of amides is 1. The summed E-state index contributed by atoms with van der Waals surface area (Å²) in [7, 11) is 0. The van der Waals surface area contributed by atoms with Gasteiger partial charge >= 0.3 is 0 Å². The van der Waals surface area contributed by atoms with Crippen molar-refractivity contribution in [3.63, 3.8) is 0 Å². The average Bonchev–Trinajstić information content (AvgIpc) is 2.42. The number of rotatable bonds is 4. The normalized spacial score (nSPS) is 15.5. The zero-order chi connectivity index (χ0) is 12.8. The van der Waals surface area contributed by atoms with Crippen molar-refractivity contribution in [2.24, 2.45) is 0 Å². The quantitative estimate of drug-likeness (QED) is 0.818. The van der Waals surface area contributed by atoms with Crippen LogP contribution in [0.3, 0.4) is 0 Å². The van der Waals surface area contributed by atoms with E-state index in [2.05, 4.69) is 0 Å². The number of hydrogen-bond acceptors (Lipinski definition) is 2. The Morgan fingerprint density at radius 1 is 1.17 bits per heavy atom. The maximum absolute atomic E-state index is 11.9. The van der Waals surface area contributed by atoms with E-state index < -0.39 is 0 Å². The summed E-state index contributed by atoms with van der Waals surface area (Å²) >= 11 is 0. The van der Waals surface area contributed by atoms with Gasteiger partial charge in [0.25, 0.3) is 0 Å². The molecule has 98 valence electrons. The maximum atomic E-state index is 11.9. The van der Waals surface area contributed by atoms with Crippen LogP contribution >= 0.6 is 0 Å². The van der Waals surface area contributed by atoms with Crippen molar-refractivity contribution in [1.29, 1.82) is 0 Å². The molecule has 1 saturated heterocycles. The number of nitrogens with zero attached hydrogens (tertiary/aromatic N) is 1. The Bertz CT molecular complexity index is 380. The monoisotopic (exact) mass is 247 g/mol. The molecule has 0 aliphatic carbocycles. The third kappa shape index (κ3) is 3.76. The summed E-state index contributed by atoms with van der Waals surface area (Å²) in [6.45, 7) is 4.36. The lowest BCUT2D eigenvalue weighted by atomic mass is 10.1. The summed E-state index contributed by atoms with van der Waals surface area (Å²) in [5.74, 6) is 1.06. The maximum Gasteiger partial charge on any atom is 0.225 e. The molecule has 1 amide bonds. The van der Waals surface area contributed by atoms with Gasteiger partial charge in [-0.3, -0.25) is 4.79 Å². The summed E-state index contributed by atoms with van der Waals surface area (Å²) in [6.07, 6.45) is 4.02. The topological polar surface area (TPSA) is 29.5 Å². The number of ether oxygens (including phenoxy) is 1. The van der Waals surface area contributed by atoms with E-state index in [1.54, 1.807) is 0 Å². The Morgan fingerprint density at radius 2 is 1.83 bits per heavy atom. The zero-order valence-electron chi connectivity index (χ0n) is 11.0. The first-order valence-electron chi connectivity index (χ1n) is 6.73. The molecule has 1 aliphatic rings. The van der Waals surface area contributed by atoms with E-state index in [1.807, 2.05) is 36.1 Å². The molecular weight excluding hydrogens is 226 g/mol. The van der Waals surface area contributed by atoms with Crippen molar-refractivity contribution in [1.82, 2.24) is 4.90 Å². The summed E-state index contributed by atoms with van der Waals surface area (Å²) in [4.78, 5) is 13.8. The molecule has 1 aromatic rings. The van der Waals surface area contributed by atoms with Crippen molar-refractivity contribution < 1.29 is 9.53 Å². The van der Waals surface area contributed by atoms with Crippen molar-refractivity contribution in [2.45, 2.75) is 32.6 Å². The van der Waals surface area contributed by atoms with Crippen molar-refractivity contribution in [3.8, 4) is 5.75 Å². The zero-order valence-corrected chi connectivity index (χ0v) is 11.0. The molecule has 2 rings (SSSR count). The molecule has 1 aromatic carbocycles. The van der Waals surface area contributed by atoms with E-state index in [0.717, 1.165) is 31.7 Å². The first-order chi connectivity index (χ1) is 8.75. The van der Waals surface area contributed by atoms with Crippen LogP contribution in [0.25, 0.3) is 0 Å². The van der Waals surface area contributed by atoms with Gasteiger partial charge in [-0.15, -0.1) is 0 Å². The molecule has 0 spiro atoms. The summed E-state index contributed by atoms with van der Waals surface area (Å²) in [6, 6.07) is 7.92. The lowest BCUT2D eigenvalue weighted by molar-refractivity contribution is -0.132. The fourth-order valence-electron chi connectivity index (χ4n) is 2.19. The molecule has 0 atom stereocenters. The summed E-state index contributed by atoms with van der Waals surface area (Å²) in [5, 5.41) is 0. The number of piperidine rings is 1. The van der Waals surface area contributed by atoms with Crippen LogP contribution in [0.2, 0.25) is 0 Å². The van der Waals surface area contributed by atoms with E-state index in [9.17, 15) is 4.79 Å². The largest absolute Gasteiger partial charge is 0.493 e. The first kappa shape index (κ1) is 12.9. The van der Waals surface area contributed by atoms with Gasteiger partial charge in [-0.1, -0.05) is 17.7 Å². The summed E-state index contributed by atoms with van der Waals surface area (Å²) in [5.41, 5.74) is 1.21. The highest BCUT2D eigenvalue weighted by Crippen LogP contribution is 2.13. The van der Waals surface area contributed by atoms with Gasteiger partial charge in [0, 0.05) is 13.1 Å². The minimum Gasteiger partial charge on any atom is -0.493 e. The van der Waals surface area contributed by atoms with Crippen LogP contribution in [-0.2, 0) is 4.79 Å². The van der Waals surface area contributed by atoms with E-state index in [4.69, 9.17) is 4.74 Å². The Hall–Kier alpha value is -1.51. The highest BCUT2D eigenvalue weighted by Gasteiger charge is 2.15. The second kappa shape index (κ2) is 6.43. The number of benzene rings is 1. The molecular formula is C15H21NO2. The van der Waals surface area contributed by atoms with E-state index in [1.165, 1.54) is 12.0 Å². The SMILES string of the molecule is Cc1ccc(OCCC(=O)N2CCCCC2)cc1. The number of aryl methyl sites for hydroxylation is 1. The molecule has 0 bridgehead atoms. The van der Waals surface area contributed by atoms with Gasteiger partial charge in [-0.2, -0.15) is 0 Å². The third-order valence-electron chi connectivity index (χ3n) is 3.31. The van der Waals surface area contributed by atoms with Crippen LogP contribution in [0.1, 0.15) is 31.2 Å². The minimum absolute atomic E-state index is 0.224. The smallest absolute Gasteiger partial charge is 0.225 e. The molecule has 0 N–H and O–H groups in total. The van der Waals surface area contributed by atoms with Crippen molar-refractivity contribution >= 4 is 5.91 Å². The van der Waals surface area contributed by atoms with Crippen LogP contribution in [0.15, 0.2) is 24.3 Å². The van der Waals surface area contributed by atoms with Gasteiger partial charge in [0.2, 0.25) is 5.91 Å². The minimum atomic E-state index is 0.224. The molecule has 0 radical (unpaired) electrons. The lowest BCUT2D eigenvalue weighted by Crippen LogP contribution is -2.36. The Kier molecular flexibility index (Phi) is 4.62. The van der Waals surface area contributed by atoms with Crippen LogP contribution in [0.4, 0.5) is 0 Å². The lowest BCUT2D eigenvalue weighted by Gasteiger charge is -2.26. The Morgan fingerprint density at radius 3 is 2.50 bits per heavy atom. The van der Waals surface area contributed by atoms with E-state index in [0.29, 0.717) is 13.0 Å². The second-order valence-corrected chi connectivity index (χ2v) is 4.85. The van der Waals surface area contributed by atoms with Gasteiger partial charge < -0.3 is 9.64 Å². The number of carbonyl (C=O) groups excluding carboxylic acids is 1. The molecule has 0 saturated carbocycles. The molecule has 18 heavy (non-hydrogen) atoms. The molecule has 1 aliphatic heterocycles. The molecule has 0 unspecified atom stereocenters. The van der Waals surface area contributed by atoms with Gasteiger partial charge in [-0.05, 0) is 38.3 Å². The third-order valence-corrected chi connectivity index (χ3v) is 3.31. The fraction of sp³-hybridized carbons (Fsp3) is 0.533. The van der Waals surface area contributed by atoms with Gasteiger partial charge in [-0.25, -0.2) is 0 Å². The van der Waals surface area contributed by atoms with Crippen LogP contribution in [0.5, 0.6) is 5.75 Å². The predicted molar refractivity (Wildman–Crippen MR) is 71.7 cm³/mol. The summed E-state index contributed by atoms with van der Waals surface area (Å²) < 4.78 is 5.57. The van der Waals surface area contributed by atoms with Crippen molar-refractivity contribution in [3.05, 3.63) is 29.8 Å². The molecule has 0 aromatic heterocycles. The molecule has 1 fully saturated rings. The van der Waals surface area contributed by atoms with Crippen LogP contribution in [0, 0.1) is 6.92 Å². The fourth-order valence-corrected chi connectivity index (χ4v) is 2.19. The second-order valence-electron chi connectivity index (χ2n) is 4.85. The Labute approximate surface area is 109 Å². The average molecular weight is 247 g/mol. The van der Waals surface area contributed by atoms with Crippen molar-refractivity contribution in [2.75, 3.05) is 19.7 Å². The van der Waals surface area contributed by atoms with Gasteiger partial charge in [0.05, 0.1) is 13.0 Å². The molecule has 3 heteroatoms. The van der Waals surface area contributed by atoms with E-state index >= 15 is 0 Å². The number of likely N-dealkylation sites (tertiary alicyclic amines) is 1. The highest BCUT2D eigenvalue weighted by molar-refractivity contribution is 5.76. The van der Waals surface area contributed by atoms with Gasteiger partial charge in [0.1, 0.15) is 5.75 Å². The Balaban J connectivity index is 1.71. The first-order valence-corrected chi connectivity index (χ1v) is 6.73. The van der Waals surface area contributed by atoms with Gasteiger partial charge in [0.15, 0.2) is 0 Å². The van der Waals surface area contributed by atoms with Crippen LogP contribution in [-0.4, -0.2) is 30.5 Å².